The number of aryl methyl sites for hydroxylation is 1. The van der Waals surface area contributed by atoms with E-state index in [0.29, 0.717) is 41.4 Å². The molecule has 0 aliphatic heterocycles. The summed E-state index contributed by atoms with van der Waals surface area (Å²) in [6, 6.07) is 23.2. The Morgan fingerprint density at radius 3 is 2.36 bits per heavy atom. The Bertz CT molecular complexity index is 1400. The minimum absolute atomic E-state index is 0.0606. The van der Waals surface area contributed by atoms with Crippen LogP contribution in [0.4, 0.5) is 0 Å². The van der Waals surface area contributed by atoms with Crippen molar-refractivity contribution in [3.63, 3.8) is 0 Å². The van der Waals surface area contributed by atoms with Gasteiger partial charge >= 0.3 is 0 Å². The highest BCUT2D eigenvalue weighted by Gasteiger charge is 2.12. The molecule has 0 unspecified atom stereocenters. The molecular weight excluding hydrogens is 458 g/mol. The molecule has 0 amide bonds. The molecule has 9 heteroatoms. The zero-order valence-electron chi connectivity index (χ0n) is 17.8. The van der Waals surface area contributed by atoms with E-state index in [0.717, 1.165) is 11.3 Å². The van der Waals surface area contributed by atoms with Gasteiger partial charge in [0.2, 0.25) is 10.0 Å². The van der Waals surface area contributed by atoms with Crippen LogP contribution in [0.15, 0.2) is 93.7 Å². The van der Waals surface area contributed by atoms with Crippen molar-refractivity contribution in [2.24, 2.45) is 5.14 Å². The van der Waals surface area contributed by atoms with Gasteiger partial charge in [0.05, 0.1) is 22.4 Å². The van der Waals surface area contributed by atoms with Crippen LogP contribution in [-0.4, -0.2) is 30.3 Å². The van der Waals surface area contributed by atoms with Crippen LogP contribution in [-0.2, 0) is 23.0 Å². The molecule has 1 heterocycles. The lowest BCUT2D eigenvalue weighted by Crippen LogP contribution is -2.24. The lowest BCUT2D eigenvalue weighted by Gasteiger charge is -2.13. The van der Waals surface area contributed by atoms with Crippen molar-refractivity contribution >= 4 is 32.7 Å². The van der Waals surface area contributed by atoms with Crippen molar-refractivity contribution in [1.82, 2.24) is 9.55 Å². The first-order valence-corrected chi connectivity index (χ1v) is 12.9. The van der Waals surface area contributed by atoms with E-state index >= 15 is 0 Å². The predicted octanol–water partition coefficient (Wildman–Crippen LogP) is 3.46. The molecule has 1 aromatic heterocycles. The summed E-state index contributed by atoms with van der Waals surface area (Å²) >= 11 is 1.47. The van der Waals surface area contributed by atoms with E-state index in [4.69, 9.17) is 14.9 Å². The summed E-state index contributed by atoms with van der Waals surface area (Å²) in [5, 5.41) is 6.35. The van der Waals surface area contributed by atoms with E-state index in [9.17, 15) is 13.2 Å². The third kappa shape index (κ3) is 5.81. The second-order valence-electron chi connectivity index (χ2n) is 7.32. The van der Waals surface area contributed by atoms with E-state index in [1.807, 2.05) is 48.5 Å². The second kappa shape index (κ2) is 10.2. The molecule has 0 aliphatic carbocycles. The molecule has 0 spiro atoms. The van der Waals surface area contributed by atoms with Gasteiger partial charge in [-0.1, -0.05) is 54.2 Å². The van der Waals surface area contributed by atoms with Gasteiger partial charge in [-0.15, -0.1) is 0 Å². The standard InChI is InChI=1S/C24H23N3O4S2/c25-33(29,30)20-12-10-18(11-13-20)14-15-27-23(28)21-8-4-5-9-22(21)26-24(27)32-17-16-31-19-6-2-1-3-7-19/h1-13H,14-17H2,(H2,25,29,30). The molecule has 0 saturated carbocycles. The number of nitrogens with two attached hydrogens (primary N) is 1. The highest BCUT2D eigenvalue weighted by atomic mass is 32.2. The predicted molar refractivity (Wildman–Crippen MR) is 130 cm³/mol. The largest absolute Gasteiger partial charge is 0.493 e. The fraction of sp³-hybridized carbons (Fsp3) is 0.167. The Hall–Kier alpha value is -3.14. The molecule has 0 saturated heterocycles. The van der Waals surface area contributed by atoms with Gasteiger partial charge in [-0.2, -0.15) is 0 Å². The Morgan fingerprint density at radius 2 is 1.64 bits per heavy atom. The van der Waals surface area contributed by atoms with Crippen LogP contribution >= 0.6 is 11.8 Å². The number of hydrogen-bond acceptors (Lipinski definition) is 6. The third-order valence-corrected chi connectivity index (χ3v) is 6.90. The molecular formula is C24H23N3O4S2. The van der Waals surface area contributed by atoms with Crippen LogP contribution < -0.4 is 15.4 Å². The number of nitrogens with zero attached hydrogens (tertiary/aromatic N) is 2. The van der Waals surface area contributed by atoms with Gasteiger partial charge in [0.15, 0.2) is 5.16 Å². The molecule has 33 heavy (non-hydrogen) atoms. The number of ether oxygens (including phenoxy) is 1. The number of aromatic nitrogens is 2. The molecule has 170 valence electrons. The summed E-state index contributed by atoms with van der Waals surface area (Å²) in [6.07, 6.45) is 0.541. The van der Waals surface area contributed by atoms with Gasteiger partial charge in [-0.3, -0.25) is 9.36 Å². The average Bonchev–Trinajstić information content (AvgIpc) is 2.82. The maximum Gasteiger partial charge on any atom is 0.262 e. The number of para-hydroxylation sites is 2. The first kappa shape index (κ1) is 23.0. The van der Waals surface area contributed by atoms with Gasteiger partial charge in [-0.25, -0.2) is 18.5 Å². The fourth-order valence-electron chi connectivity index (χ4n) is 3.35. The smallest absolute Gasteiger partial charge is 0.262 e. The van der Waals surface area contributed by atoms with Crippen LogP contribution in [0.1, 0.15) is 5.56 Å². The second-order valence-corrected chi connectivity index (χ2v) is 9.94. The number of rotatable bonds is 9. The molecule has 0 bridgehead atoms. The zero-order valence-corrected chi connectivity index (χ0v) is 19.4. The first-order chi connectivity index (χ1) is 15.9. The van der Waals surface area contributed by atoms with Crippen molar-refractivity contribution in [3.05, 3.63) is 94.8 Å². The molecule has 0 atom stereocenters. The molecule has 3 aromatic carbocycles. The van der Waals surface area contributed by atoms with E-state index in [1.165, 1.54) is 23.9 Å². The number of benzene rings is 3. The number of primary sulfonamides is 1. The quantitative estimate of drug-likeness (QED) is 0.223. The minimum Gasteiger partial charge on any atom is -0.493 e. The molecule has 0 fully saturated rings. The van der Waals surface area contributed by atoms with Crippen molar-refractivity contribution in [3.8, 4) is 5.75 Å². The highest BCUT2D eigenvalue weighted by Crippen LogP contribution is 2.19. The maximum atomic E-state index is 13.2. The van der Waals surface area contributed by atoms with Gasteiger partial charge in [-0.05, 0) is 48.4 Å². The van der Waals surface area contributed by atoms with E-state index in [2.05, 4.69) is 0 Å². The Kier molecular flexibility index (Phi) is 7.12. The number of fused-ring (bicyclic) bond motifs is 1. The maximum absolute atomic E-state index is 13.2. The molecule has 7 nitrogen and oxygen atoms in total. The third-order valence-electron chi connectivity index (χ3n) is 5.03. The Labute approximate surface area is 196 Å². The lowest BCUT2D eigenvalue weighted by atomic mass is 10.1. The fourth-order valence-corrected chi connectivity index (χ4v) is 4.71. The number of thioether (sulfide) groups is 1. The zero-order chi connectivity index (χ0) is 23.3. The summed E-state index contributed by atoms with van der Waals surface area (Å²) in [5.41, 5.74) is 1.45. The van der Waals surface area contributed by atoms with Crippen LogP contribution in [0.5, 0.6) is 5.75 Å². The average molecular weight is 482 g/mol. The molecule has 2 N–H and O–H groups in total. The van der Waals surface area contributed by atoms with Crippen LogP contribution in [0.2, 0.25) is 0 Å². The SMILES string of the molecule is NS(=O)(=O)c1ccc(CCn2c(SCCOc3ccccc3)nc3ccccc3c2=O)cc1. The monoisotopic (exact) mass is 481 g/mol. The van der Waals surface area contributed by atoms with Gasteiger partial charge < -0.3 is 4.74 Å². The van der Waals surface area contributed by atoms with Crippen molar-refractivity contribution in [2.45, 2.75) is 23.0 Å². The summed E-state index contributed by atoms with van der Waals surface area (Å²) < 4.78 is 30.4. The Morgan fingerprint density at radius 1 is 0.939 bits per heavy atom. The van der Waals surface area contributed by atoms with Crippen LogP contribution in [0.25, 0.3) is 10.9 Å². The van der Waals surface area contributed by atoms with Crippen molar-refractivity contribution in [1.29, 1.82) is 0 Å². The molecule has 4 aromatic rings. The first-order valence-electron chi connectivity index (χ1n) is 10.3. The molecule has 4 rings (SSSR count). The van der Waals surface area contributed by atoms with E-state index < -0.39 is 10.0 Å². The van der Waals surface area contributed by atoms with Crippen LogP contribution in [0.3, 0.4) is 0 Å². The topological polar surface area (TPSA) is 104 Å². The molecule has 0 radical (unpaired) electrons. The Balaban J connectivity index is 1.52. The van der Waals surface area contributed by atoms with Gasteiger partial charge in [0, 0.05) is 12.3 Å². The van der Waals surface area contributed by atoms with E-state index in [1.54, 1.807) is 22.8 Å². The normalized spacial score (nSPS) is 11.5. The van der Waals surface area contributed by atoms with Gasteiger partial charge in [0.25, 0.3) is 5.56 Å². The summed E-state index contributed by atoms with van der Waals surface area (Å²) in [7, 11) is -3.74. The highest BCUT2D eigenvalue weighted by molar-refractivity contribution is 7.99. The summed E-state index contributed by atoms with van der Waals surface area (Å²) in [6.45, 7) is 0.889. The summed E-state index contributed by atoms with van der Waals surface area (Å²) in [4.78, 5) is 18.0. The number of sulfonamides is 1. The van der Waals surface area contributed by atoms with Gasteiger partial charge in [0.1, 0.15) is 5.75 Å². The van der Waals surface area contributed by atoms with Crippen LogP contribution in [0, 0.1) is 0 Å². The van der Waals surface area contributed by atoms with E-state index in [-0.39, 0.29) is 10.5 Å². The van der Waals surface area contributed by atoms with Crippen molar-refractivity contribution in [2.75, 3.05) is 12.4 Å². The summed E-state index contributed by atoms with van der Waals surface area (Å²) in [5.74, 6) is 1.42. The van der Waals surface area contributed by atoms with Crippen molar-refractivity contribution < 1.29 is 13.2 Å². The minimum atomic E-state index is -3.74. The number of hydrogen-bond donors (Lipinski definition) is 1. The lowest BCUT2D eigenvalue weighted by molar-refractivity contribution is 0.344. The molecule has 0 aliphatic rings.